The first kappa shape index (κ1) is 14.0. The van der Waals surface area contributed by atoms with E-state index in [0.29, 0.717) is 11.5 Å². The van der Waals surface area contributed by atoms with E-state index in [1.165, 1.54) is 19.5 Å². The molecule has 0 saturated heterocycles. The van der Waals surface area contributed by atoms with Crippen LogP contribution < -0.4 is 5.32 Å². The predicted octanol–water partition coefficient (Wildman–Crippen LogP) is 3.13. The van der Waals surface area contributed by atoms with Gasteiger partial charge in [-0.25, -0.2) is 0 Å². The van der Waals surface area contributed by atoms with Crippen LogP contribution in [-0.2, 0) is 13.0 Å². The minimum Gasteiger partial charge on any atom is -0.314 e. The maximum Gasteiger partial charge on any atom is 0.0245 e. The van der Waals surface area contributed by atoms with Crippen molar-refractivity contribution in [3.8, 4) is 0 Å². The Kier molecular flexibility index (Phi) is 4.46. The largest absolute Gasteiger partial charge is 0.314 e. The molecule has 0 amide bonds. The van der Waals surface area contributed by atoms with Crippen molar-refractivity contribution in [3.63, 3.8) is 0 Å². The van der Waals surface area contributed by atoms with E-state index in [1.54, 1.807) is 10.4 Å². The van der Waals surface area contributed by atoms with E-state index in [2.05, 4.69) is 49.4 Å². The molecule has 0 radical (unpaired) electrons. The summed E-state index contributed by atoms with van der Waals surface area (Å²) in [4.78, 5) is 4.21. The standard InChI is InChI=1S/C15H26N2S/c1-5-16-12(2)15(3,4)11-17-8-6-14-13(10-17)7-9-18-14/h7,9,12,16H,5-6,8,10-11H2,1-4H3. The number of nitrogens with zero attached hydrogens (tertiary/aromatic N) is 1. The third-order valence-electron chi connectivity index (χ3n) is 4.20. The molecule has 0 bridgehead atoms. The highest BCUT2D eigenvalue weighted by Gasteiger charge is 2.29. The minimum atomic E-state index is 0.323. The molecule has 1 atom stereocenters. The lowest BCUT2D eigenvalue weighted by molar-refractivity contribution is 0.133. The summed E-state index contributed by atoms with van der Waals surface area (Å²) < 4.78 is 0. The number of nitrogens with one attached hydrogen (secondary N) is 1. The van der Waals surface area contributed by atoms with Gasteiger partial charge in [0.15, 0.2) is 0 Å². The molecule has 18 heavy (non-hydrogen) atoms. The van der Waals surface area contributed by atoms with Crippen LogP contribution in [0.4, 0.5) is 0 Å². The van der Waals surface area contributed by atoms with Gasteiger partial charge >= 0.3 is 0 Å². The van der Waals surface area contributed by atoms with Gasteiger partial charge in [0, 0.05) is 30.6 Å². The molecule has 1 N–H and O–H groups in total. The summed E-state index contributed by atoms with van der Waals surface area (Å²) in [6.45, 7) is 13.8. The van der Waals surface area contributed by atoms with Gasteiger partial charge in [0.1, 0.15) is 0 Å². The van der Waals surface area contributed by atoms with E-state index >= 15 is 0 Å². The van der Waals surface area contributed by atoms with Crippen LogP contribution in [-0.4, -0.2) is 30.6 Å². The SMILES string of the molecule is CCNC(C)C(C)(C)CN1CCc2sccc2C1. The second-order valence-corrected chi connectivity index (χ2v) is 7.10. The zero-order valence-electron chi connectivity index (χ0n) is 12.1. The number of rotatable bonds is 5. The summed E-state index contributed by atoms with van der Waals surface area (Å²) in [5, 5.41) is 5.80. The Hall–Kier alpha value is -0.380. The molecule has 1 aromatic rings. The molecule has 102 valence electrons. The maximum absolute atomic E-state index is 3.56. The van der Waals surface area contributed by atoms with Gasteiger partial charge in [0.25, 0.3) is 0 Å². The first-order chi connectivity index (χ1) is 8.53. The Morgan fingerprint density at radius 3 is 3.00 bits per heavy atom. The fraction of sp³-hybridized carbons (Fsp3) is 0.733. The van der Waals surface area contributed by atoms with E-state index in [1.807, 2.05) is 11.3 Å². The van der Waals surface area contributed by atoms with Crippen LogP contribution >= 0.6 is 11.3 Å². The van der Waals surface area contributed by atoms with E-state index in [4.69, 9.17) is 0 Å². The van der Waals surface area contributed by atoms with Crippen LogP contribution in [0.5, 0.6) is 0 Å². The van der Waals surface area contributed by atoms with E-state index in [0.717, 1.165) is 13.1 Å². The lowest BCUT2D eigenvalue weighted by Crippen LogP contribution is -2.47. The Morgan fingerprint density at radius 2 is 2.28 bits per heavy atom. The van der Waals surface area contributed by atoms with Gasteiger partial charge in [-0.3, -0.25) is 4.90 Å². The lowest BCUT2D eigenvalue weighted by atomic mass is 9.84. The van der Waals surface area contributed by atoms with Crippen LogP contribution in [0.2, 0.25) is 0 Å². The molecule has 0 aromatic carbocycles. The summed E-state index contributed by atoms with van der Waals surface area (Å²) >= 11 is 1.92. The smallest absolute Gasteiger partial charge is 0.0245 e. The molecule has 0 saturated carbocycles. The van der Waals surface area contributed by atoms with Crippen LogP contribution in [0.3, 0.4) is 0 Å². The molecule has 0 spiro atoms. The molecule has 0 aliphatic carbocycles. The molecule has 0 fully saturated rings. The Bertz CT molecular complexity index is 384. The normalized spacial score (nSPS) is 18.7. The maximum atomic E-state index is 3.56. The van der Waals surface area contributed by atoms with Crippen molar-refractivity contribution in [2.45, 2.75) is 46.7 Å². The topological polar surface area (TPSA) is 15.3 Å². The summed E-state index contributed by atoms with van der Waals surface area (Å²) in [5.74, 6) is 0. The summed E-state index contributed by atoms with van der Waals surface area (Å²) in [6, 6.07) is 2.86. The number of hydrogen-bond acceptors (Lipinski definition) is 3. The van der Waals surface area contributed by atoms with Crippen molar-refractivity contribution in [2.24, 2.45) is 5.41 Å². The average molecular weight is 266 g/mol. The molecule has 2 heterocycles. The van der Waals surface area contributed by atoms with Gasteiger partial charge in [-0.2, -0.15) is 0 Å². The number of hydrogen-bond donors (Lipinski definition) is 1. The summed E-state index contributed by atoms with van der Waals surface area (Å²) in [6.07, 6.45) is 1.23. The zero-order valence-corrected chi connectivity index (χ0v) is 12.9. The summed E-state index contributed by atoms with van der Waals surface area (Å²) in [7, 11) is 0. The van der Waals surface area contributed by atoms with Gasteiger partial charge in [-0.05, 0) is 42.3 Å². The van der Waals surface area contributed by atoms with Crippen LogP contribution in [0.15, 0.2) is 11.4 Å². The highest BCUT2D eigenvalue weighted by Crippen LogP contribution is 2.28. The van der Waals surface area contributed by atoms with E-state index < -0.39 is 0 Å². The number of fused-ring (bicyclic) bond motifs is 1. The third-order valence-corrected chi connectivity index (χ3v) is 5.22. The average Bonchev–Trinajstić information content (AvgIpc) is 2.76. The second-order valence-electron chi connectivity index (χ2n) is 6.10. The molecule has 2 rings (SSSR count). The monoisotopic (exact) mass is 266 g/mol. The quantitative estimate of drug-likeness (QED) is 0.881. The minimum absolute atomic E-state index is 0.323. The van der Waals surface area contributed by atoms with Crippen molar-refractivity contribution in [1.82, 2.24) is 10.2 Å². The van der Waals surface area contributed by atoms with Crippen molar-refractivity contribution in [2.75, 3.05) is 19.6 Å². The van der Waals surface area contributed by atoms with Gasteiger partial charge in [-0.15, -0.1) is 11.3 Å². The highest BCUT2D eigenvalue weighted by atomic mass is 32.1. The first-order valence-corrected chi connectivity index (χ1v) is 7.92. The molecule has 1 aromatic heterocycles. The highest BCUT2D eigenvalue weighted by molar-refractivity contribution is 7.10. The molecular weight excluding hydrogens is 240 g/mol. The number of thiophene rings is 1. The fourth-order valence-electron chi connectivity index (χ4n) is 2.74. The first-order valence-electron chi connectivity index (χ1n) is 7.04. The molecule has 1 unspecified atom stereocenters. The fourth-order valence-corrected chi connectivity index (χ4v) is 3.63. The van der Waals surface area contributed by atoms with Crippen LogP contribution in [0.1, 0.15) is 38.1 Å². The molecule has 1 aliphatic rings. The molecular formula is C15H26N2S. The Morgan fingerprint density at radius 1 is 1.50 bits per heavy atom. The second kappa shape index (κ2) is 5.72. The molecule has 3 heteroatoms. The Labute approximate surface area is 115 Å². The van der Waals surface area contributed by atoms with Crippen LogP contribution in [0.25, 0.3) is 0 Å². The molecule has 2 nitrogen and oxygen atoms in total. The van der Waals surface area contributed by atoms with Crippen molar-refractivity contribution in [3.05, 3.63) is 21.9 Å². The van der Waals surface area contributed by atoms with Crippen LogP contribution in [0, 0.1) is 5.41 Å². The van der Waals surface area contributed by atoms with Crippen molar-refractivity contribution < 1.29 is 0 Å². The van der Waals surface area contributed by atoms with E-state index in [9.17, 15) is 0 Å². The zero-order chi connectivity index (χ0) is 13.2. The van der Waals surface area contributed by atoms with Gasteiger partial charge in [-0.1, -0.05) is 20.8 Å². The van der Waals surface area contributed by atoms with Gasteiger partial charge in [0.05, 0.1) is 0 Å². The van der Waals surface area contributed by atoms with E-state index in [-0.39, 0.29) is 0 Å². The van der Waals surface area contributed by atoms with Gasteiger partial charge < -0.3 is 5.32 Å². The van der Waals surface area contributed by atoms with Crippen molar-refractivity contribution >= 4 is 11.3 Å². The van der Waals surface area contributed by atoms with Gasteiger partial charge in [0.2, 0.25) is 0 Å². The third kappa shape index (κ3) is 3.14. The lowest BCUT2D eigenvalue weighted by Gasteiger charge is -2.39. The molecule has 1 aliphatic heterocycles. The predicted molar refractivity (Wildman–Crippen MR) is 80.2 cm³/mol. The Balaban J connectivity index is 1.94. The summed E-state index contributed by atoms with van der Waals surface area (Å²) in [5.41, 5.74) is 1.88. The van der Waals surface area contributed by atoms with Crippen molar-refractivity contribution in [1.29, 1.82) is 0 Å².